The highest BCUT2D eigenvalue weighted by molar-refractivity contribution is 7.12. The molecule has 0 unspecified atom stereocenters. The van der Waals surface area contributed by atoms with Gasteiger partial charge in [-0.05, 0) is 23.6 Å². The Morgan fingerprint density at radius 1 is 1.16 bits per heavy atom. The number of thiophene rings is 1. The number of carbonyl (C=O) groups is 1. The Morgan fingerprint density at radius 3 is 2.68 bits per heavy atom. The maximum absolute atomic E-state index is 12.2. The van der Waals surface area contributed by atoms with Crippen LogP contribution in [0.1, 0.15) is 15.2 Å². The van der Waals surface area contributed by atoms with Crippen LogP contribution in [0.3, 0.4) is 0 Å². The van der Waals surface area contributed by atoms with E-state index in [1.807, 2.05) is 0 Å². The van der Waals surface area contributed by atoms with E-state index in [-0.39, 0.29) is 11.3 Å². The molecule has 0 saturated heterocycles. The molecule has 0 fully saturated rings. The van der Waals surface area contributed by atoms with Gasteiger partial charge in [0.05, 0.1) is 10.4 Å². The summed E-state index contributed by atoms with van der Waals surface area (Å²) in [5.41, 5.74) is -0.275. The molecule has 2 aromatic heterocycles. The molecule has 0 amide bonds. The topological polar surface area (TPSA) is 70.2 Å². The molecule has 0 aliphatic carbocycles. The summed E-state index contributed by atoms with van der Waals surface area (Å²) >= 11 is 1.24. The maximum Gasteiger partial charge on any atom is 0.263 e. The SMILES string of the molecule is O=C(c1cccs1)c1c(O)c2ccccc2[nH]c1=O. The van der Waals surface area contributed by atoms with Crippen LogP contribution in [0.5, 0.6) is 5.75 Å². The second-order valence-electron chi connectivity index (χ2n) is 4.03. The van der Waals surface area contributed by atoms with E-state index in [0.29, 0.717) is 15.8 Å². The predicted molar refractivity (Wildman–Crippen MR) is 74.0 cm³/mol. The molecular weight excluding hydrogens is 262 g/mol. The zero-order chi connectivity index (χ0) is 13.4. The molecule has 0 aliphatic heterocycles. The van der Waals surface area contributed by atoms with E-state index < -0.39 is 11.3 Å². The van der Waals surface area contributed by atoms with Crippen LogP contribution in [0.25, 0.3) is 10.9 Å². The lowest BCUT2D eigenvalue weighted by atomic mass is 10.1. The van der Waals surface area contributed by atoms with Crippen molar-refractivity contribution in [3.8, 4) is 5.75 Å². The largest absolute Gasteiger partial charge is 0.506 e. The third-order valence-corrected chi connectivity index (χ3v) is 3.73. The van der Waals surface area contributed by atoms with E-state index in [2.05, 4.69) is 4.98 Å². The van der Waals surface area contributed by atoms with Gasteiger partial charge in [-0.3, -0.25) is 9.59 Å². The van der Waals surface area contributed by atoms with Gasteiger partial charge in [-0.25, -0.2) is 0 Å². The quantitative estimate of drug-likeness (QED) is 0.704. The van der Waals surface area contributed by atoms with E-state index in [9.17, 15) is 14.7 Å². The van der Waals surface area contributed by atoms with Crippen molar-refractivity contribution in [2.75, 3.05) is 0 Å². The summed E-state index contributed by atoms with van der Waals surface area (Å²) in [5, 5.41) is 12.4. The number of pyridine rings is 1. The molecular formula is C14H9NO3S. The van der Waals surface area contributed by atoms with E-state index in [4.69, 9.17) is 0 Å². The van der Waals surface area contributed by atoms with Crippen molar-refractivity contribution in [3.05, 3.63) is 62.6 Å². The van der Waals surface area contributed by atoms with Crippen LogP contribution in [0.4, 0.5) is 0 Å². The van der Waals surface area contributed by atoms with Crippen molar-refractivity contribution in [2.45, 2.75) is 0 Å². The first kappa shape index (κ1) is 11.7. The highest BCUT2D eigenvalue weighted by Crippen LogP contribution is 2.27. The average molecular weight is 271 g/mol. The van der Waals surface area contributed by atoms with Gasteiger partial charge in [0, 0.05) is 5.39 Å². The number of nitrogens with one attached hydrogen (secondary N) is 1. The molecule has 19 heavy (non-hydrogen) atoms. The van der Waals surface area contributed by atoms with E-state index >= 15 is 0 Å². The number of benzene rings is 1. The molecule has 0 saturated carbocycles. The minimum Gasteiger partial charge on any atom is -0.506 e. The standard InChI is InChI=1S/C14H9NO3S/c16-12-8-4-1-2-5-9(8)15-14(18)11(12)13(17)10-6-3-7-19-10/h1-7H,(H2,15,16,18). The van der Waals surface area contributed by atoms with Crippen molar-refractivity contribution in [1.82, 2.24) is 4.98 Å². The van der Waals surface area contributed by atoms with Gasteiger partial charge in [-0.1, -0.05) is 18.2 Å². The van der Waals surface area contributed by atoms with Crippen LogP contribution >= 0.6 is 11.3 Å². The van der Waals surface area contributed by atoms with Crippen LogP contribution in [-0.2, 0) is 0 Å². The third kappa shape index (κ3) is 1.84. The van der Waals surface area contributed by atoms with Gasteiger partial charge in [0.1, 0.15) is 11.3 Å². The molecule has 94 valence electrons. The number of aromatic nitrogens is 1. The molecule has 0 radical (unpaired) electrons. The molecule has 3 aromatic rings. The second-order valence-corrected chi connectivity index (χ2v) is 4.98. The van der Waals surface area contributed by atoms with Gasteiger partial charge in [-0.15, -0.1) is 11.3 Å². The van der Waals surface area contributed by atoms with Crippen LogP contribution in [0, 0.1) is 0 Å². The fourth-order valence-electron chi connectivity index (χ4n) is 1.97. The average Bonchev–Trinajstić information content (AvgIpc) is 2.92. The normalized spacial score (nSPS) is 10.7. The lowest BCUT2D eigenvalue weighted by Gasteiger charge is -2.05. The maximum atomic E-state index is 12.2. The summed E-state index contributed by atoms with van der Waals surface area (Å²) in [6, 6.07) is 10.2. The highest BCUT2D eigenvalue weighted by atomic mass is 32.1. The van der Waals surface area contributed by atoms with E-state index in [1.165, 1.54) is 11.3 Å². The first-order valence-corrected chi connectivity index (χ1v) is 6.48. The Labute approximate surface area is 112 Å². The Morgan fingerprint density at radius 2 is 1.95 bits per heavy atom. The fourth-order valence-corrected chi connectivity index (χ4v) is 2.64. The molecule has 0 bridgehead atoms. The molecule has 3 rings (SSSR count). The molecule has 0 atom stereocenters. The molecule has 2 heterocycles. The lowest BCUT2D eigenvalue weighted by Crippen LogP contribution is -2.18. The number of aromatic amines is 1. The van der Waals surface area contributed by atoms with Crippen molar-refractivity contribution in [1.29, 1.82) is 0 Å². The molecule has 0 aliphatic rings. The summed E-state index contributed by atoms with van der Waals surface area (Å²) in [4.78, 5) is 27.2. The van der Waals surface area contributed by atoms with Crippen LogP contribution in [-0.4, -0.2) is 15.9 Å². The zero-order valence-electron chi connectivity index (χ0n) is 9.71. The number of H-pyrrole nitrogens is 1. The van der Waals surface area contributed by atoms with Crippen LogP contribution in [0.2, 0.25) is 0 Å². The Balaban J connectivity index is 2.30. The highest BCUT2D eigenvalue weighted by Gasteiger charge is 2.20. The first-order valence-electron chi connectivity index (χ1n) is 5.60. The molecule has 1 aromatic carbocycles. The summed E-state index contributed by atoms with van der Waals surface area (Å²) in [7, 11) is 0. The summed E-state index contributed by atoms with van der Waals surface area (Å²) in [5.74, 6) is -0.725. The first-order chi connectivity index (χ1) is 9.18. The molecule has 0 spiro atoms. The number of rotatable bonds is 2. The number of ketones is 1. The summed E-state index contributed by atoms with van der Waals surface area (Å²) in [6.45, 7) is 0. The van der Waals surface area contributed by atoms with Gasteiger partial charge in [0.2, 0.25) is 5.78 Å². The minimum absolute atomic E-state index is 0.207. The van der Waals surface area contributed by atoms with Crippen LogP contribution in [0.15, 0.2) is 46.6 Å². The zero-order valence-corrected chi connectivity index (χ0v) is 10.5. The number of hydrogen-bond acceptors (Lipinski definition) is 4. The monoisotopic (exact) mass is 271 g/mol. The molecule has 4 nitrogen and oxygen atoms in total. The smallest absolute Gasteiger partial charge is 0.263 e. The Bertz CT molecular complexity index is 818. The number of fused-ring (bicyclic) bond motifs is 1. The fraction of sp³-hybridized carbons (Fsp3) is 0. The van der Waals surface area contributed by atoms with Crippen molar-refractivity contribution < 1.29 is 9.90 Å². The van der Waals surface area contributed by atoms with Gasteiger partial charge in [-0.2, -0.15) is 0 Å². The minimum atomic E-state index is -0.574. The van der Waals surface area contributed by atoms with Crippen molar-refractivity contribution in [2.24, 2.45) is 0 Å². The van der Waals surface area contributed by atoms with Crippen molar-refractivity contribution in [3.63, 3.8) is 0 Å². The van der Waals surface area contributed by atoms with Crippen LogP contribution < -0.4 is 5.56 Å². The van der Waals surface area contributed by atoms with Crippen molar-refractivity contribution >= 4 is 28.0 Å². The summed E-state index contributed by atoms with van der Waals surface area (Å²) < 4.78 is 0. The van der Waals surface area contributed by atoms with Gasteiger partial charge in [0.25, 0.3) is 5.56 Å². The van der Waals surface area contributed by atoms with Gasteiger partial charge >= 0.3 is 0 Å². The number of para-hydroxylation sites is 1. The predicted octanol–water partition coefficient (Wildman–Crippen LogP) is 2.53. The molecule has 5 heteroatoms. The van der Waals surface area contributed by atoms with E-state index in [0.717, 1.165) is 0 Å². The second kappa shape index (κ2) is 4.37. The number of carbonyl (C=O) groups excluding carboxylic acids is 1. The Hall–Kier alpha value is -2.40. The third-order valence-electron chi connectivity index (χ3n) is 2.87. The lowest BCUT2D eigenvalue weighted by molar-refractivity contribution is 0.103. The number of aromatic hydroxyl groups is 1. The van der Waals surface area contributed by atoms with Gasteiger partial charge < -0.3 is 10.1 Å². The summed E-state index contributed by atoms with van der Waals surface area (Å²) in [6.07, 6.45) is 0. The number of hydrogen-bond donors (Lipinski definition) is 2. The van der Waals surface area contributed by atoms with E-state index in [1.54, 1.807) is 41.8 Å². The van der Waals surface area contributed by atoms with Gasteiger partial charge in [0.15, 0.2) is 0 Å². The molecule has 2 N–H and O–H groups in total. The Kier molecular flexibility index (Phi) is 2.68.